The summed E-state index contributed by atoms with van der Waals surface area (Å²) in [6, 6.07) is 0. The van der Waals surface area contributed by atoms with Crippen LogP contribution in [0.5, 0.6) is 0 Å². The van der Waals surface area contributed by atoms with Crippen LogP contribution in [-0.2, 0) is 9.84 Å². The van der Waals surface area contributed by atoms with E-state index in [2.05, 4.69) is 25.7 Å². The van der Waals surface area contributed by atoms with Crippen LogP contribution < -0.4 is 0 Å². The van der Waals surface area contributed by atoms with Gasteiger partial charge in [-0.1, -0.05) is 15.9 Å². The number of alkyl halides is 1. The van der Waals surface area contributed by atoms with Gasteiger partial charge in [0.05, 0.1) is 5.75 Å². The molecule has 96 valence electrons. The van der Waals surface area contributed by atoms with Crippen LogP contribution in [-0.4, -0.2) is 74.8 Å². The lowest BCUT2D eigenvalue weighted by Gasteiger charge is -2.20. The maximum absolute atomic E-state index is 11.1. The Kier molecular flexibility index (Phi) is 6.25. The second kappa shape index (κ2) is 6.93. The Morgan fingerprint density at radius 2 is 1.62 bits per heavy atom. The third-order valence-corrected chi connectivity index (χ3v) is 4.14. The molecule has 4 nitrogen and oxygen atoms in total. The van der Waals surface area contributed by atoms with E-state index in [0.29, 0.717) is 6.54 Å². The van der Waals surface area contributed by atoms with Crippen LogP contribution >= 0.6 is 15.9 Å². The number of hydrogen-bond donors (Lipinski definition) is 0. The number of sulfone groups is 1. The first-order valence-electron chi connectivity index (χ1n) is 5.69. The van der Waals surface area contributed by atoms with Crippen LogP contribution in [0.2, 0.25) is 0 Å². The summed E-state index contributed by atoms with van der Waals surface area (Å²) in [4.78, 5) is 4.68. The fourth-order valence-corrected chi connectivity index (χ4v) is 2.98. The molecule has 0 radical (unpaired) electrons. The van der Waals surface area contributed by atoms with Crippen LogP contribution in [0, 0.1) is 0 Å². The first kappa shape index (κ1) is 14.4. The molecule has 0 aromatic rings. The van der Waals surface area contributed by atoms with Crippen molar-refractivity contribution in [3.05, 3.63) is 0 Å². The van der Waals surface area contributed by atoms with Crippen molar-refractivity contribution in [2.24, 2.45) is 0 Å². The van der Waals surface area contributed by atoms with Crippen LogP contribution in [0.25, 0.3) is 0 Å². The molecule has 16 heavy (non-hydrogen) atoms. The SMILES string of the molecule is CS(=O)(=O)CCN1CCCN(CCBr)CC1. The van der Waals surface area contributed by atoms with Gasteiger partial charge in [0.25, 0.3) is 0 Å². The summed E-state index contributed by atoms with van der Waals surface area (Å²) in [5.74, 6) is 0.283. The zero-order valence-electron chi connectivity index (χ0n) is 9.86. The van der Waals surface area contributed by atoms with Gasteiger partial charge < -0.3 is 9.80 Å². The van der Waals surface area contributed by atoms with Gasteiger partial charge in [-0.3, -0.25) is 0 Å². The molecular formula is C10H21BrN2O2S. The molecule has 0 aliphatic carbocycles. The van der Waals surface area contributed by atoms with Crippen molar-refractivity contribution in [3.8, 4) is 0 Å². The number of rotatable bonds is 5. The third kappa shape index (κ3) is 6.18. The summed E-state index contributed by atoms with van der Waals surface area (Å²) < 4.78 is 22.2. The minimum Gasteiger partial charge on any atom is -0.301 e. The zero-order chi connectivity index (χ0) is 12.0. The lowest BCUT2D eigenvalue weighted by molar-refractivity contribution is 0.273. The number of nitrogens with zero attached hydrogens (tertiary/aromatic N) is 2. The number of halogens is 1. The monoisotopic (exact) mass is 312 g/mol. The van der Waals surface area contributed by atoms with E-state index in [1.165, 1.54) is 6.26 Å². The highest BCUT2D eigenvalue weighted by molar-refractivity contribution is 9.09. The Balaban J connectivity index is 2.30. The Bertz CT molecular complexity index is 295. The van der Waals surface area contributed by atoms with Gasteiger partial charge in [-0.05, 0) is 19.5 Å². The van der Waals surface area contributed by atoms with Gasteiger partial charge in [-0.15, -0.1) is 0 Å². The molecule has 0 saturated carbocycles. The summed E-state index contributed by atoms with van der Waals surface area (Å²) in [6.07, 6.45) is 2.44. The molecule has 0 aromatic heterocycles. The fourth-order valence-electron chi connectivity index (χ4n) is 1.89. The molecule has 0 amide bonds. The zero-order valence-corrected chi connectivity index (χ0v) is 12.3. The van der Waals surface area contributed by atoms with Gasteiger partial charge in [0.1, 0.15) is 9.84 Å². The van der Waals surface area contributed by atoms with Gasteiger partial charge >= 0.3 is 0 Å². The van der Waals surface area contributed by atoms with Crippen LogP contribution in [0.4, 0.5) is 0 Å². The molecule has 1 aliphatic heterocycles. The molecule has 0 spiro atoms. The van der Waals surface area contributed by atoms with Crippen LogP contribution in [0.3, 0.4) is 0 Å². The Labute approximate surface area is 107 Å². The molecule has 0 atom stereocenters. The average molecular weight is 313 g/mol. The molecule has 1 heterocycles. The van der Waals surface area contributed by atoms with Crippen molar-refractivity contribution >= 4 is 25.8 Å². The molecule has 1 fully saturated rings. The normalized spacial score (nSPS) is 20.9. The first-order valence-corrected chi connectivity index (χ1v) is 8.88. The van der Waals surface area contributed by atoms with E-state index in [4.69, 9.17) is 0 Å². The van der Waals surface area contributed by atoms with Gasteiger partial charge in [-0.2, -0.15) is 0 Å². The first-order chi connectivity index (χ1) is 7.51. The third-order valence-electron chi connectivity index (χ3n) is 2.86. The highest BCUT2D eigenvalue weighted by Crippen LogP contribution is 2.03. The molecule has 0 bridgehead atoms. The lowest BCUT2D eigenvalue weighted by atomic mass is 10.4. The maximum atomic E-state index is 11.1. The van der Waals surface area contributed by atoms with Crippen LogP contribution in [0.15, 0.2) is 0 Å². The van der Waals surface area contributed by atoms with Gasteiger partial charge in [0.2, 0.25) is 0 Å². The van der Waals surface area contributed by atoms with Crippen molar-refractivity contribution < 1.29 is 8.42 Å². The van der Waals surface area contributed by atoms with Crippen molar-refractivity contribution in [2.45, 2.75) is 6.42 Å². The Morgan fingerprint density at radius 3 is 2.12 bits per heavy atom. The highest BCUT2D eigenvalue weighted by Gasteiger charge is 2.15. The Hall–Kier alpha value is 0.350. The highest BCUT2D eigenvalue weighted by atomic mass is 79.9. The lowest BCUT2D eigenvalue weighted by Crippen LogP contribution is -2.34. The molecular weight excluding hydrogens is 292 g/mol. The molecule has 1 aliphatic rings. The maximum Gasteiger partial charge on any atom is 0.148 e. The van der Waals surface area contributed by atoms with E-state index in [1.54, 1.807) is 0 Å². The molecule has 6 heteroatoms. The second-order valence-corrected chi connectivity index (χ2v) is 7.41. The molecule has 0 aromatic carbocycles. The standard InChI is InChI=1S/C10H21BrN2O2S/c1-16(14,15)10-9-13-5-2-4-12(6-3-11)7-8-13/h2-10H2,1H3. The summed E-state index contributed by atoms with van der Waals surface area (Å²) in [5.41, 5.74) is 0. The summed E-state index contributed by atoms with van der Waals surface area (Å²) in [5, 5.41) is 1.01. The summed E-state index contributed by atoms with van der Waals surface area (Å²) >= 11 is 3.45. The van der Waals surface area contributed by atoms with E-state index in [9.17, 15) is 8.42 Å². The summed E-state index contributed by atoms with van der Waals surface area (Å²) in [7, 11) is -2.82. The van der Waals surface area contributed by atoms with E-state index in [-0.39, 0.29) is 5.75 Å². The second-order valence-electron chi connectivity index (χ2n) is 4.36. The molecule has 1 rings (SSSR count). The van der Waals surface area contributed by atoms with E-state index >= 15 is 0 Å². The topological polar surface area (TPSA) is 40.6 Å². The largest absolute Gasteiger partial charge is 0.301 e. The average Bonchev–Trinajstić information content (AvgIpc) is 2.40. The molecule has 1 saturated heterocycles. The Morgan fingerprint density at radius 1 is 1.06 bits per heavy atom. The minimum absolute atomic E-state index is 0.283. The predicted molar refractivity (Wildman–Crippen MR) is 71.0 cm³/mol. The quantitative estimate of drug-likeness (QED) is 0.691. The predicted octanol–water partition coefficient (Wildman–Crippen LogP) is 0.434. The fraction of sp³-hybridized carbons (Fsp3) is 1.00. The van der Waals surface area contributed by atoms with Gasteiger partial charge in [0, 0.05) is 37.8 Å². The molecule has 0 N–H and O–H groups in total. The van der Waals surface area contributed by atoms with E-state index in [0.717, 1.165) is 44.5 Å². The smallest absolute Gasteiger partial charge is 0.148 e. The van der Waals surface area contributed by atoms with Crippen molar-refractivity contribution in [3.63, 3.8) is 0 Å². The van der Waals surface area contributed by atoms with E-state index in [1.807, 2.05) is 0 Å². The molecule has 0 unspecified atom stereocenters. The van der Waals surface area contributed by atoms with Crippen LogP contribution in [0.1, 0.15) is 6.42 Å². The number of hydrogen-bond acceptors (Lipinski definition) is 4. The minimum atomic E-state index is -2.82. The van der Waals surface area contributed by atoms with Crippen molar-refractivity contribution in [1.82, 2.24) is 9.80 Å². The van der Waals surface area contributed by atoms with Crippen molar-refractivity contribution in [1.29, 1.82) is 0 Å². The van der Waals surface area contributed by atoms with Gasteiger partial charge in [-0.25, -0.2) is 8.42 Å². The van der Waals surface area contributed by atoms with Crippen molar-refractivity contribution in [2.75, 3.05) is 56.6 Å². The van der Waals surface area contributed by atoms with Gasteiger partial charge in [0.15, 0.2) is 0 Å². The van der Waals surface area contributed by atoms with E-state index < -0.39 is 9.84 Å². The summed E-state index contributed by atoms with van der Waals surface area (Å²) in [6.45, 7) is 5.95.